The van der Waals surface area contributed by atoms with Gasteiger partial charge in [-0.2, -0.15) is 6.92 Å². The molecule has 0 saturated carbocycles. The van der Waals surface area contributed by atoms with Crippen molar-refractivity contribution in [3.8, 4) is 0 Å². The summed E-state index contributed by atoms with van der Waals surface area (Å²) >= 11 is 0. The van der Waals surface area contributed by atoms with Crippen molar-refractivity contribution in [2.24, 2.45) is 0 Å². The summed E-state index contributed by atoms with van der Waals surface area (Å²) in [7, 11) is 0. The summed E-state index contributed by atoms with van der Waals surface area (Å²) in [5, 5.41) is 0. The normalized spacial score (nSPS) is 6.50. The van der Waals surface area contributed by atoms with Gasteiger partial charge in [-0.3, -0.25) is 0 Å². The molecule has 0 heterocycles. The molecule has 4 heteroatoms. The second-order valence-electron chi connectivity index (χ2n) is 1.75. The molecular formula is C8H14Y4-4. The van der Waals surface area contributed by atoms with Crippen LogP contribution in [0.25, 0.3) is 0 Å². The Morgan fingerprint density at radius 2 is 1.42 bits per heavy atom. The minimum absolute atomic E-state index is 0. The van der Waals surface area contributed by atoms with E-state index in [-0.39, 0.29) is 131 Å². The summed E-state index contributed by atoms with van der Waals surface area (Å²) in [5.74, 6) is 0. The van der Waals surface area contributed by atoms with Crippen molar-refractivity contribution in [2.45, 2.75) is 26.2 Å². The monoisotopic (exact) mass is 466 g/mol. The van der Waals surface area contributed by atoms with E-state index in [0.29, 0.717) is 0 Å². The van der Waals surface area contributed by atoms with Crippen molar-refractivity contribution in [1.82, 2.24) is 0 Å². The van der Waals surface area contributed by atoms with Crippen molar-refractivity contribution >= 4 is 0 Å². The van der Waals surface area contributed by atoms with E-state index in [1.807, 2.05) is 0 Å². The van der Waals surface area contributed by atoms with Crippen LogP contribution in [0, 0.1) is 26.2 Å². The van der Waals surface area contributed by atoms with Gasteiger partial charge >= 0.3 is 0 Å². The van der Waals surface area contributed by atoms with Crippen molar-refractivity contribution in [1.29, 1.82) is 0 Å². The molecule has 0 spiro atoms. The summed E-state index contributed by atoms with van der Waals surface area (Å²) < 4.78 is 0. The van der Waals surface area contributed by atoms with Gasteiger partial charge < -0.3 is 45.4 Å². The smallest absolute Gasteiger partial charge is 0 e. The first kappa shape index (κ1) is 29.9. The van der Waals surface area contributed by atoms with Gasteiger partial charge in [0.2, 0.25) is 0 Å². The third-order valence-corrected chi connectivity index (χ3v) is 0.940. The molecule has 0 aromatic rings. The first-order valence-corrected chi connectivity index (χ1v) is 3.12. The minimum atomic E-state index is 0. The van der Waals surface area contributed by atoms with Gasteiger partial charge in [0.25, 0.3) is 0 Å². The average Bonchev–Trinajstić information content (AvgIpc) is 1.81. The van der Waals surface area contributed by atoms with Gasteiger partial charge in [0.05, 0.1) is 0 Å². The van der Waals surface area contributed by atoms with Crippen LogP contribution in [0.5, 0.6) is 0 Å². The molecule has 0 atom stereocenters. The van der Waals surface area contributed by atoms with E-state index in [9.17, 15) is 0 Å². The summed E-state index contributed by atoms with van der Waals surface area (Å²) in [6, 6.07) is 0. The standard InChI is InChI=1S/C8H14.4Y/c1-3-5-7-8-6-4-2;;;;/h4-5,8H,1,3,6-7H2,2H3;;;;/q-4;;;;. The van der Waals surface area contributed by atoms with E-state index in [0.717, 1.165) is 19.3 Å². The first-order chi connectivity index (χ1) is 3.91. The van der Waals surface area contributed by atoms with Crippen LogP contribution >= 0.6 is 0 Å². The molecule has 0 aliphatic heterocycles. The zero-order valence-corrected chi connectivity index (χ0v) is 19.2. The molecule has 0 aromatic heterocycles. The molecule has 0 aliphatic rings. The second-order valence-corrected chi connectivity index (χ2v) is 1.75. The van der Waals surface area contributed by atoms with E-state index in [4.69, 9.17) is 0 Å². The molecule has 0 fully saturated rings. The van der Waals surface area contributed by atoms with Gasteiger partial charge in [0, 0.05) is 131 Å². The maximum Gasteiger partial charge on any atom is 0 e. The quantitative estimate of drug-likeness (QED) is 0.433. The minimum Gasteiger partial charge on any atom is -0.387 e. The SMILES string of the molecule is [CH2-]C[CH-]C[CH-]C[CH-]C.[Y].[Y].[Y].[Y]. The van der Waals surface area contributed by atoms with Crippen LogP contribution in [0.4, 0.5) is 0 Å². The number of unbranched alkanes of at least 4 members (excludes halogenated alkanes) is 5. The molecule has 0 nitrogen and oxygen atoms in total. The van der Waals surface area contributed by atoms with Gasteiger partial charge in [-0.25, -0.2) is 0 Å². The Balaban J connectivity index is -0.0000000408. The third-order valence-electron chi connectivity index (χ3n) is 0.940. The van der Waals surface area contributed by atoms with E-state index in [1.165, 1.54) is 0 Å². The van der Waals surface area contributed by atoms with Crippen LogP contribution in [0.2, 0.25) is 0 Å². The predicted octanol–water partition coefficient (Wildman–Crippen LogP) is 2.61. The molecule has 0 amide bonds. The molecule has 0 bridgehead atoms. The van der Waals surface area contributed by atoms with Crippen LogP contribution in [0.3, 0.4) is 0 Å². The fraction of sp³-hybridized carbons (Fsp3) is 0.500. The van der Waals surface area contributed by atoms with E-state index in [2.05, 4.69) is 33.1 Å². The van der Waals surface area contributed by atoms with Crippen LogP contribution < -0.4 is 0 Å². The van der Waals surface area contributed by atoms with Crippen molar-refractivity contribution in [2.75, 3.05) is 0 Å². The van der Waals surface area contributed by atoms with E-state index >= 15 is 0 Å². The fourth-order valence-corrected chi connectivity index (χ4v) is 0.499. The first-order valence-electron chi connectivity index (χ1n) is 3.12. The Labute approximate surface area is 179 Å². The molecule has 0 aliphatic carbocycles. The zero-order chi connectivity index (χ0) is 6.24. The average molecular weight is 466 g/mol. The summed E-state index contributed by atoms with van der Waals surface area (Å²) in [6.45, 7) is 5.77. The Kier molecular flexibility index (Phi) is 73.7. The number of rotatable bonds is 5. The van der Waals surface area contributed by atoms with Gasteiger partial charge in [-0.15, -0.1) is 0 Å². The van der Waals surface area contributed by atoms with Gasteiger partial charge in [-0.1, -0.05) is 0 Å². The Bertz CT molecular complexity index is 36.0. The summed E-state index contributed by atoms with van der Waals surface area (Å²) in [6.07, 6.45) is 9.73. The molecule has 0 saturated heterocycles. The molecule has 62 valence electrons. The van der Waals surface area contributed by atoms with Crippen molar-refractivity contribution in [3.05, 3.63) is 26.2 Å². The summed E-state index contributed by atoms with van der Waals surface area (Å²) in [4.78, 5) is 0. The maximum absolute atomic E-state index is 3.70. The van der Waals surface area contributed by atoms with Gasteiger partial charge in [-0.05, 0) is 0 Å². The number of hydrogen-bond donors (Lipinski definition) is 0. The largest absolute Gasteiger partial charge is 0.387 e. The molecule has 0 rings (SSSR count). The van der Waals surface area contributed by atoms with E-state index in [1.54, 1.807) is 0 Å². The Morgan fingerprint density at radius 3 is 1.75 bits per heavy atom. The van der Waals surface area contributed by atoms with Gasteiger partial charge in [0.1, 0.15) is 0 Å². The second kappa shape index (κ2) is 29.5. The Morgan fingerprint density at radius 1 is 0.917 bits per heavy atom. The van der Waals surface area contributed by atoms with Crippen LogP contribution in [0.15, 0.2) is 0 Å². The molecule has 0 aromatic carbocycles. The maximum atomic E-state index is 3.70. The van der Waals surface area contributed by atoms with Crippen LogP contribution in [0.1, 0.15) is 26.2 Å². The molecule has 4 radical (unpaired) electrons. The topological polar surface area (TPSA) is 0 Å². The van der Waals surface area contributed by atoms with Crippen molar-refractivity contribution < 1.29 is 131 Å². The molecule has 0 N–H and O–H groups in total. The number of hydrogen-bond acceptors (Lipinski definition) is 0. The fourth-order valence-electron chi connectivity index (χ4n) is 0.499. The van der Waals surface area contributed by atoms with Crippen LogP contribution in [-0.2, 0) is 131 Å². The summed E-state index contributed by atoms with van der Waals surface area (Å²) in [5.41, 5.74) is 0. The predicted molar refractivity (Wildman–Crippen MR) is 37.8 cm³/mol. The van der Waals surface area contributed by atoms with Gasteiger partial charge in [0.15, 0.2) is 0 Å². The molecular weight excluding hydrogens is 452 g/mol. The molecule has 12 heavy (non-hydrogen) atoms. The van der Waals surface area contributed by atoms with E-state index < -0.39 is 0 Å². The van der Waals surface area contributed by atoms with Crippen molar-refractivity contribution in [3.63, 3.8) is 0 Å². The zero-order valence-electron chi connectivity index (χ0n) is 7.87. The third kappa shape index (κ3) is 29.3. The van der Waals surface area contributed by atoms with Crippen LogP contribution in [-0.4, -0.2) is 0 Å². The Hall–Kier alpha value is 4.42. The molecule has 0 unspecified atom stereocenters.